The number of hydrogen-bond donors (Lipinski definition) is 2. The number of carbonyl (C=O) groups is 2. The zero-order valence-electron chi connectivity index (χ0n) is 14.9. The van der Waals surface area contributed by atoms with Crippen molar-refractivity contribution in [2.45, 2.75) is 13.8 Å². The van der Waals surface area contributed by atoms with E-state index in [-0.39, 0.29) is 18.3 Å². The van der Waals surface area contributed by atoms with Gasteiger partial charge in [0, 0.05) is 24.5 Å². The number of nitrogens with one attached hydrogen (secondary N) is 2. The molecule has 7 nitrogen and oxygen atoms in total. The summed E-state index contributed by atoms with van der Waals surface area (Å²) in [6, 6.07) is 13.7. The zero-order valence-corrected chi connectivity index (χ0v) is 14.9. The largest absolute Gasteiger partial charge is 0.420 e. The molecule has 0 aromatic heterocycles. The first kappa shape index (κ1) is 18.8. The quantitative estimate of drug-likeness (QED) is 0.822. The lowest BCUT2D eigenvalue weighted by molar-refractivity contribution is 0.208. The molecule has 0 unspecified atom stereocenters. The van der Waals surface area contributed by atoms with Gasteiger partial charge in [0.2, 0.25) is 0 Å². The molecule has 2 aromatic carbocycles. The van der Waals surface area contributed by atoms with Crippen molar-refractivity contribution in [2.75, 3.05) is 23.8 Å². The summed E-state index contributed by atoms with van der Waals surface area (Å²) in [7, 11) is 1.50. The molecule has 0 aliphatic heterocycles. The summed E-state index contributed by atoms with van der Waals surface area (Å²) >= 11 is 0. The third-order valence-corrected chi connectivity index (χ3v) is 3.49. The van der Waals surface area contributed by atoms with Gasteiger partial charge in [-0.3, -0.25) is 4.90 Å². The van der Waals surface area contributed by atoms with Gasteiger partial charge >= 0.3 is 12.1 Å². The van der Waals surface area contributed by atoms with E-state index in [0.29, 0.717) is 11.4 Å². The summed E-state index contributed by atoms with van der Waals surface area (Å²) in [6.45, 7) is 3.69. The Balaban J connectivity index is 2.21. The van der Waals surface area contributed by atoms with Crippen LogP contribution in [0.3, 0.4) is 0 Å². The smallest absolute Gasteiger partial charge is 0.410 e. The van der Waals surface area contributed by atoms with E-state index in [2.05, 4.69) is 10.6 Å². The van der Waals surface area contributed by atoms with Crippen molar-refractivity contribution in [3.05, 3.63) is 53.6 Å². The number of nitrogens with zero attached hydrogens (tertiary/aromatic N) is 2. The Labute approximate surface area is 152 Å². The molecule has 0 atom stereocenters. The van der Waals surface area contributed by atoms with E-state index in [0.717, 1.165) is 11.1 Å². The maximum Gasteiger partial charge on any atom is 0.420 e. The van der Waals surface area contributed by atoms with E-state index in [9.17, 15) is 9.59 Å². The van der Waals surface area contributed by atoms with Crippen LogP contribution >= 0.6 is 0 Å². The number of urea groups is 1. The molecule has 2 rings (SSSR count). The molecule has 0 saturated heterocycles. The van der Waals surface area contributed by atoms with Crippen molar-refractivity contribution in [3.63, 3.8) is 0 Å². The molecular formula is C19H20N4O3. The minimum atomic E-state index is -0.673. The van der Waals surface area contributed by atoms with Crippen LogP contribution in [0.4, 0.5) is 21.0 Å². The Bertz CT molecular complexity index is 838. The summed E-state index contributed by atoms with van der Waals surface area (Å²) in [6.07, 6.45) is -0.673. The molecule has 0 heterocycles. The van der Waals surface area contributed by atoms with Gasteiger partial charge in [0.25, 0.3) is 0 Å². The highest BCUT2D eigenvalue weighted by atomic mass is 16.6. The van der Waals surface area contributed by atoms with Crippen LogP contribution in [0.5, 0.6) is 5.75 Å². The van der Waals surface area contributed by atoms with E-state index in [1.807, 2.05) is 38.1 Å². The van der Waals surface area contributed by atoms with Crippen LogP contribution in [0.1, 0.15) is 11.1 Å². The van der Waals surface area contributed by atoms with Gasteiger partial charge < -0.3 is 15.4 Å². The van der Waals surface area contributed by atoms with Crippen LogP contribution in [0.2, 0.25) is 0 Å². The van der Waals surface area contributed by atoms with Gasteiger partial charge in [-0.2, -0.15) is 5.26 Å². The number of rotatable bonds is 4. The van der Waals surface area contributed by atoms with Gasteiger partial charge in [0.15, 0.2) is 0 Å². The SMILES string of the molecule is CNC(=O)Nc1cccc(OC(=O)N(CC#N)c2cc(C)cc(C)c2)c1. The predicted octanol–water partition coefficient (Wildman–Crippen LogP) is 3.58. The molecule has 0 saturated carbocycles. The number of benzene rings is 2. The van der Waals surface area contributed by atoms with Crippen LogP contribution in [-0.4, -0.2) is 25.7 Å². The maximum absolute atomic E-state index is 12.6. The number of aryl methyl sites for hydroxylation is 2. The number of anilines is 2. The van der Waals surface area contributed by atoms with Gasteiger partial charge in [-0.25, -0.2) is 9.59 Å². The predicted molar refractivity (Wildman–Crippen MR) is 99.4 cm³/mol. The molecule has 134 valence electrons. The minimum Gasteiger partial charge on any atom is -0.410 e. The fourth-order valence-corrected chi connectivity index (χ4v) is 2.43. The number of carbonyl (C=O) groups excluding carboxylic acids is 2. The normalized spacial score (nSPS) is 9.77. The Morgan fingerprint density at radius 2 is 1.85 bits per heavy atom. The first-order valence-electron chi connectivity index (χ1n) is 7.96. The van der Waals surface area contributed by atoms with E-state index < -0.39 is 6.09 Å². The van der Waals surface area contributed by atoms with Crippen molar-refractivity contribution in [3.8, 4) is 11.8 Å². The zero-order chi connectivity index (χ0) is 19.1. The summed E-state index contributed by atoms with van der Waals surface area (Å²) < 4.78 is 5.38. The molecule has 0 aliphatic rings. The van der Waals surface area contributed by atoms with Crippen LogP contribution in [0.25, 0.3) is 0 Å². The Hall–Kier alpha value is -3.53. The average molecular weight is 352 g/mol. The number of amides is 3. The molecular weight excluding hydrogens is 332 g/mol. The first-order chi connectivity index (χ1) is 12.4. The fraction of sp³-hybridized carbons (Fsp3) is 0.211. The number of hydrogen-bond acceptors (Lipinski definition) is 4. The lowest BCUT2D eigenvalue weighted by Crippen LogP contribution is -2.34. The lowest BCUT2D eigenvalue weighted by Gasteiger charge is -2.20. The molecule has 2 N–H and O–H groups in total. The minimum absolute atomic E-state index is 0.141. The standard InChI is InChI=1S/C19H20N4O3/c1-13-9-14(2)11-16(10-13)23(8-7-20)19(25)26-17-6-4-5-15(12-17)22-18(24)21-3/h4-6,9-12H,8H2,1-3H3,(H2,21,22,24). The molecule has 0 spiro atoms. The van der Waals surface area contributed by atoms with Crippen molar-refractivity contribution in [2.24, 2.45) is 0 Å². The third kappa shape index (κ3) is 4.98. The summed E-state index contributed by atoms with van der Waals surface area (Å²) in [5.74, 6) is 0.260. The Morgan fingerprint density at radius 1 is 1.15 bits per heavy atom. The van der Waals surface area contributed by atoms with Crippen molar-refractivity contribution in [1.29, 1.82) is 5.26 Å². The Morgan fingerprint density at radius 3 is 2.46 bits per heavy atom. The molecule has 7 heteroatoms. The van der Waals surface area contributed by atoms with Gasteiger partial charge in [-0.05, 0) is 49.2 Å². The molecule has 0 fully saturated rings. The molecule has 0 bridgehead atoms. The first-order valence-corrected chi connectivity index (χ1v) is 7.96. The van der Waals surface area contributed by atoms with Gasteiger partial charge in [0.1, 0.15) is 12.3 Å². The molecule has 0 aliphatic carbocycles. The summed E-state index contributed by atoms with van der Waals surface area (Å²) in [4.78, 5) is 25.2. The molecule has 3 amide bonds. The van der Waals surface area contributed by atoms with Crippen LogP contribution in [-0.2, 0) is 0 Å². The van der Waals surface area contributed by atoms with Crippen LogP contribution in [0, 0.1) is 25.2 Å². The topological polar surface area (TPSA) is 94.5 Å². The lowest BCUT2D eigenvalue weighted by atomic mass is 10.1. The Kier molecular flexibility index (Phi) is 6.17. The average Bonchev–Trinajstić information content (AvgIpc) is 2.58. The fourth-order valence-electron chi connectivity index (χ4n) is 2.43. The summed E-state index contributed by atoms with van der Waals surface area (Å²) in [5.41, 5.74) is 3.03. The monoisotopic (exact) mass is 352 g/mol. The number of nitriles is 1. The second-order valence-electron chi connectivity index (χ2n) is 5.69. The van der Waals surface area contributed by atoms with E-state index in [4.69, 9.17) is 10.00 Å². The van der Waals surface area contributed by atoms with Crippen molar-refractivity contribution in [1.82, 2.24) is 5.32 Å². The third-order valence-electron chi connectivity index (χ3n) is 3.49. The van der Waals surface area contributed by atoms with E-state index >= 15 is 0 Å². The van der Waals surface area contributed by atoms with Gasteiger partial charge in [0.05, 0.1) is 6.07 Å². The van der Waals surface area contributed by atoms with E-state index in [1.54, 1.807) is 18.2 Å². The van der Waals surface area contributed by atoms with Crippen molar-refractivity contribution >= 4 is 23.5 Å². The van der Waals surface area contributed by atoms with Gasteiger partial charge in [-0.15, -0.1) is 0 Å². The highest BCUT2D eigenvalue weighted by Crippen LogP contribution is 2.22. The maximum atomic E-state index is 12.6. The molecule has 26 heavy (non-hydrogen) atoms. The van der Waals surface area contributed by atoms with Crippen LogP contribution < -0.4 is 20.3 Å². The number of ether oxygens (including phenoxy) is 1. The summed E-state index contributed by atoms with van der Waals surface area (Å²) in [5, 5.41) is 14.1. The van der Waals surface area contributed by atoms with Gasteiger partial charge in [-0.1, -0.05) is 12.1 Å². The van der Waals surface area contributed by atoms with Crippen LogP contribution in [0.15, 0.2) is 42.5 Å². The highest BCUT2D eigenvalue weighted by molar-refractivity contribution is 5.91. The van der Waals surface area contributed by atoms with Crippen molar-refractivity contribution < 1.29 is 14.3 Å². The highest BCUT2D eigenvalue weighted by Gasteiger charge is 2.18. The molecule has 2 aromatic rings. The second kappa shape index (κ2) is 8.53. The second-order valence-corrected chi connectivity index (χ2v) is 5.69. The molecule has 0 radical (unpaired) electrons. The van der Waals surface area contributed by atoms with E-state index in [1.165, 1.54) is 18.0 Å².